The van der Waals surface area contributed by atoms with Crippen LogP contribution >= 0.6 is 0 Å². The lowest BCUT2D eigenvalue weighted by Crippen LogP contribution is -2.29. The average molecular weight is 653 g/mol. The van der Waals surface area contributed by atoms with Gasteiger partial charge in [-0.2, -0.15) is 0 Å². The zero-order chi connectivity index (χ0) is 35.1. The summed E-state index contributed by atoms with van der Waals surface area (Å²) in [6.07, 6.45) is 0. The number of aryl methyl sites for hydroxylation is 4. The molecule has 48 heavy (non-hydrogen) atoms. The Morgan fingerprint density at radius 1 is 0.583 bits per heavy atom. The molecule has 252 valence electrons. The van der Waals surface area contributed by atoms with Crippen molar-refractivity contribution in [2.24, 2.45) is 10.3 Å². The number of rotatable bonds is 12. The van der Waals surface area contributed by atoms with E-state index in [-0.39, 0.29) is 23.2 Å². The van der Waals surface area contributed by atoms with E-state index in [4.69, 9.17) is 19.1 Å². The zero-order valence-corrected chi connectivity index (χ0v) is 28.8. The van der Waals surface area contributed by atoms with E-state index in [2.05, 4.69) is 20.9 Å². The maximum atomic E-state index is 12.1. The minimum absolute atomic E-state index is 0.222. The third kappa shape index (κ3) is 10.2. The van der Waals surface area contributed by atoms with Crippen molar-refractivity contribution in [1.29, 1.82) is 0 Å². The number of benzene rings is 4. The second-order valence-corrected chi connectivity index (χ2v) is 10.8. The van der Waals surface area contributed by atoms with Gasteiger partial charge in [-0.15, -0.1) is 0 Å². The molecule has 0 heterocycles. The highest BCUT2D eigenvalue weighted by Gasteiger charge is 2.19. The Hall–Kier alpha value is -5.64. The molecule has 4 aromatic carbocycles. The SMILES string of the molecule is CNC(=O)/C(=N/OC)c1ccccc1COc1cc(C)ccc1C.CNC(=O)/C(=N/OC)c1ccccc1COc1cc(C)ccc1C. The van der Waals surface area contributed by atoms with E-state index < -0.39 is 0 Å². The summed E-state index contributed by atoms with van der Waals surface area (Å²) >= 11 is 0. The number of carbonyl (C=O) groups excluding carboxylic acids is 2. The maximum absolute atomic E-state index is 12.1. The van der Waals surface area contributed by atoms with E-state index in [1.165, 1.54) is 14.2 Å². The Balaban J connectivity index is 0.000000260. The van der Waals surface area contributed by atoms with Gasteiger partial charge in [-0.1, -0.05) is 83.1 Å². The predicted molar refractivity (Wildman–Crippen MR) is 189 cm³/mol. The fraction of sp³-hybridized carbons (Fsp3) is 0.263. The molecule has 0 bridgehead atoms. The summed E-state index contributed by atoms with van der Waals surface area (Å²) in [6, 6.07) is 27.1. The molecule has 4 aromatic rings. The van der Waals surface area contributed by atoms with Gasteiger partial charge in [-0.3, -0.25) is 9.59 Å². The van der Waals surface area contributed by atoms with Crippen molar-refractivity contribution >= 4 is 23.2 Å². The molecule has 2 amide bonds. The van der Waals surface area contributed by atoms with E-state index in [0.717, 1.165) is 44.9 Å². The number of carbonyl (C=O) groups is 2. The standard InChI is InChI=1S/2C19H22N2O3/c2*1-13-9-10-14(2)17(11-13)24-12-15-7-5-6-8-16(15)18(21-23-4)19(22)20-3/h2*5-11H,12H2,1-4H3,(H,20,22)/b2*21-18+. The summed E-state index contributed by atoms with van der Waals surface area (Å²) < 4.78 is 11.9. The molecule has 4 rings (SSSR count). The predicted octanol–water partition coefficient (Wildman–Crippen LogP) is 5.96. The van der Waals surface area contributed by atoms with Crippen LogP contribution in [0.15, 0.2) is 95.2 Å². The molecule has 2 N–H and O–H groups in total. The number of nitrogens with zero attached hydrogens (tertiary/aromatic N) is 2. The average Bonchev–Trinajstić information content (AvgIpc) is 3.10. The van der Waals surface area contributed by atoms with Crippen molar-refractivity contribution in [2.45, 2.75) is 40.9 Å². The van der Waals surface area contributed by atoms with E-state index in [9.17, 15) is 9.59 Å². The number of amides is 2. The normalized spacial score (nSPS) is 11.1. The van der Waals surface area contributed by atoms with Gasteiger partial charge >= 0.3 is 0 Å². The van der Waals surface area contributed by atoms with Crippen LogP contribution in [0.3, 0.4) is 0 Å². The van der Waals surface area contributed by atoms with Gasteiger partial charge in [-0.25, -0.2) is 0 Å². The van der Waals surface area contributed by atoms with Crippen LogP contribution in [-0.4, -0.2) is 51.6 Å². The van der Waals surface area contributed by atoms with Crippen LogP contribution in [0, 0.1) is 27.7 Å². The largest absolute Gasteiger partial charge is 0.489 e. The Morgan fingerprint density at radius 3 is 1.31 bits per heavy atom. The third-order valence-electron chi connectivity index (χ3n) is 7.25. The van der Waals surface area contributed by atoms with Crippen LogP contribution in [0.5, 0.6) is 11.5 Å². The summed E-state index contributed by atoms with van der Waals surface area (Å²) in [5, 5.41) is 12.9. The molecule has 0 aliphatic carbocycles. The molecule has 0 aliphatic heterocycles. The number of nitrogens with one attached hydrogen (secondary N) is 2. The molecular weight excluding hydrogens is 608 g/mol. The van der Waals surface area contributed by atoms with E-state index in [0.29, 0.717) is 24.3 Å². The highest BCUT2D eigenvalue weighted by molar-refractivity contribution is 6.46. The third-order valence-corrected chi connectivity index (χ3v) is 7.25. The lowest BCUT2D eigenvalue weighted by molar-refractivity contribution is -0.115. The monoisotopic (exact) mass is 652 g/mol. The van der Waals surface area contributed by atoms with Crippen LogP contribution in [-0.2, 0) is 32.5 Å². The quantitative estimate of drug-likeness (QED) is 0.144. The van der Waals surface area contributed by atoms with Gasteiger partial charge < -0.3 is 29.8 Å². The lowest BCUT2D eigenvalue weighted by atomic mass is 10.0. The first kappa shape index (κ1) is 36.8. The fourth-order valence-electron chi connectivity index (χ4n) is 4.64. The summed E-state index contributed by atoms with van der Waals surface area (Å²) in [6.45, 7) is 8.72. The first-order valence-corrected chi connectivity index (χ1v) is 15.4. The van der Waals surface area contributed by atoms with Crippen LogP contribution in [0.1, 0.15) is 44.5 Å². The highest BCUT2D eigenvalue weighted by atomic mass is 16.6. The fourth-order valence-corrected chi connectivity index (χ4v) is 4.64. The number of hydrogen-bond acceptors (Lipinski definition) is 8. The van der Waals surface area contributed by atoms with E-state index in [1.54, 1.807) is 14.1 Å². The molecule has 0 saturated heterocycles. The van der Waals surface area contributed by atoms with Crippen molar-refractivity contribution in [3.05, 3.63) is 129 Å². The summed E-state index contributed by atoms with van der Waals surface area (Å²) in [5.41, 5.74) is 7.93. The molecule has 0 spiro atoms. The Bertz CT molecular complexity index is 1640. The number of likely N-dealkylation sites (N-methyl/N-ethyl adjacent to an activating group) is 2. The minimum atomic E-state index is -0.309. The molecule has 10 nitrogen and oxygen atoms in total. The van der Waals surface area contributed by atoms with Gasteiger partial charge in [0.25, 0.3) is 11.8 Å². The smallest absolute Gasteiger partial charge is 0.273 e. The van der Waals surface area contributed by atoms with Crippen molar-refractivity contribution < 1.29 is 28.7 Å². The van der Waals surface area contributed by atoms with Gasteiger partial charge in [0.05, 0.1) is 0 Å². The maximum Gasteiger partial charge on any atom is 0.273 e. The summed E-state index contributed by atoms with van der Waals surface area (Å²) in [4.78, 5) is 33.8. The zero-order valence-electron chi connectivity index (χ0n) is 28.8. The van der Waals surface area contributed by atoms with Crippen molar-refractivity contribution in [1.82, 2.24) is 10.6 Å². The second-order valence-electron chi connectivity index (χ2n) is 10.8. The molecular formula is C38H44N4O6. The second kappa shape index (κ2) is 18.5. The Kier molecular flexibility index (Phi) is 14.2. The van der Waals surface area contributed by atoms with E-state index >= 15 is 0 Å². The summed E-state index contributed by atoms with van der Waals surface area (Å²) in [5.74, 6) is 1.04. The summed E-state index contributed by atoms with van der Waals surface area (Å²) in [7, 11) is 5.95. The minimum Gasteiger partial charge on any atom is -0.489 e. The topological polar surface area (TPSA) is 120 Å². The van der Waals surface area contributed by atoms with E-state index in [1.807, 2.05) is 113 Å². The van der Waals surface area contributed by atoms with Gasteiger partial charge in [0.1, 0.15) is 38.9 Å². The molecule has 10 heteroatoms. The highest BCUT2D eigenvalue weighted by Crippen LogP contribution is 2.23. The molecule has 0 atom stereocenters. The molecule has 0 aliphatic rings. The lowest BCUT2D eigenvalue weighted by Gasteiger charge is -2.13. The molecule has 0 unspecified atom stereocenters. The van der Waals surface area contributed by atoms with Crippen LogP contribution in [0.4, 0.5) is 0 Å². The van der Waals surface area contributed by atoms with Crippen molar-refractivity contribution in [3.8, 4) is 11.5 Å². The first-order chi connectivity index (χ1) is 23.1. The van der Waals surface area contributed by atoms with Gasteiger partial charge in [-0.05, 0) is 73.2 Å². The van der Waals surface area contributed by atoms with Gasteiger partial charge in [0.2, 0.25) is 0 Å². The van der Waals surface area contributed by atoms with Gasteiger partial charge in [0, 0.05) is 25.2 Å². The first-order valence-electron chi connectivity index (χ1n) is 15.4. The Morgan fingerprint density at radius 2 is 0.958 bits per heavy atom. The number of hydrogen-bond donors (Lipinski definition) is 2. The van der Waals surface area contributed by atoms with Gasteiger partial charge in [0.15, 0.2) is 11.4 Å². The molecule has 0 radical (unpaired) electrons. The molecule has 0 saturated carbocycles. The Labute approximate surface area is 282 Å². The molecule has 0 fully saturated rings. The number of oxime groups is 2. The number of ether oxygens (including phenoxy) is 2. The van der Waals surface area contributed by atoms with Crippen LogP contribution < -0.4 is 20.1 Å². The van der Waals surface area contributed by atoms with Crippen LogP contribution in [0.25, 0.3) is 0 Å². The van der Waals surface area contributed by atoms with Crippen molar-refractivity contribution in [3.63, 3.8) is 0 Å². The van der Waals surface area contributed by atoms with Crippen molar-refractivity contribution in [2.75, 3.05) is 28.3 Å². The molecule has 0 aromatic heterocycles. The van der Waals surface area contributed by atoms with Crippen LogP contribution in [0.2, 0.25) is 0 Å².